The van der Waals surface area contributed by atoms with E-state index in [1.165, 1.54) is 11.1 Å². The third-order valence-electron chi connectivity index (χ3n) is 3.67. The summed E-state index contributed by atoms with van der Waals surface area (Å²) >= 11 is 0. The molecule has 23 heavy (non-hydrogen) atoms. The van der Waals surface area contributed by atoms with E-state index in [1.807, 2.05) is 36.5 Å². The van der Waals surface area contributed by atoms with Gasteiger partial charge in [0.25, 0.3) is 0 Å². The van der Waals surface area contributed by atoms with Crippen LogP contribution in [-0.4, -0.2) is 11.9 Å². The number of aryl methyl sites for hydroxylation is 2. The number of hydrogen-bond acceptors (Lipinski definition) is 2. The maximum Gasteiger partial charge on any atom is 0.0633 e. The Hall–Kier alpha value is -1.73. The Morgan fingerprint density at radius 3 is 2.35 bits per heavy atom. The fourth-order valence-electron chi connectivity index (χ4n) is 2.13. The molecule has 0 heterocycles. The van der Waals surface area contributed by atoms with Crippen LogP contribution in [0.5, 0.6) is 0 Å². The van der Waals surface area contributed by atoms with Crippen molar-refractivity contribution >= 4 is 23.3 Å². The molecule has 0 aliphatic heterocycles. The average molecular weight is 351 g/mol. The molecule has 0 atom stereocenters. The van der Waals surface area contributed by atoms with Crippen LogP contribution < -0.4 is 0 Å². The van der Waals surface area contributed by atoms with Gasteiger partial charge in [-0.25, -0.2) is 0 Å². The van der Waals surface area contributed by atoms with Gasteiger partial charge in [-0.05, 0) is 62.1 Å². The van der Waals surface area contributed by atoms with Gasteiger partial charge in [-0.3, -0.25) is 9.98 Å². The number of nitrogens with zero attached hydrogens (tertiary/aromatic N) is 2. The molecule has 124 valence electrons. The zero-order valence-corrected chi connectivity index (χ0v) is 15.0. The second-order valence-corrected chi connectivity index (χ2v) is 5.57. The van der Waals surface area contributed by atoms with Crippen LogP contribution >= 0.6 is 0 Å². The van der Waals surface area contributed by atoms with E-state index in [2.05, 4.69) is 44.0 Å². The molecular weight excluding hydrogens is 327 g/mol. The van der Waals surface area contributed by atoms with Crippen LogP contribution in [0.25, 0.3) is 0 Å². The predicted molar refractivity (Wildman–Crippen MR) is 97.1 cm³/mol. The molecule has 0 aromatic heterocycles. The molecule has 0 fully saturated rings. The molecule has 0 N–H and O–H groups in total. The van der Waals surface area contributed by atoms with Crippen LogP contribution in [0.15, 0.2) is 58.5 Å². The number of rotatable bonds is 6. The van der Waals surface area contributed by atoms with Crippen LogP contribution in [0.4, 0.5) is 11.4 Å². The summed E-state index contributed by atoms with van der Waals surface area (Å²) in [5.74, 6) is 0. The van der Waals surface area contributed by atoms with E-state index in [-0.39, 0.29) is 16.5 Å². The summed E-state index contributed by atoms with van der Waals surface area (Å²) in [4.78, 5) is 9.32. The Morgan fingerprint density at radius 1 is 0.957 bits per heavy atom. The number of unbranched alkanes of at least 4 members (excludes halogenated alkanes) is 1. The molecule has 2 aromatic rings. The van der Waals surface area contributed by atoms with Crippen molar-refractivity contribution in [3.63, 3.8) is 0 Å². The summed E-state index contributed by atoms with van der Waals surface area (Å²) in [6.07, 6.45) is 5.16. The van der Waals surface area contributed by atoms with E-state index in [1.54, 1.807) is 0 Å². The van der Waals surface area contributed by atoms with Gasteiger partial charge in [0.1, 0.15) is 0 Å². The Morgan fingerprint density at radius 2 is 1.70 bits per heavy atom. The fraction of sp³-hybridized carbons (Fsp3) is 0.300. The van der Waals surface area contributed by atoms with Crippen LogP contribution in [0.2, 0.25) is 0 Å². The van der Waals surface area contributed by atoms with Crippen LogP contribution in [-0.2, 0) is 16.5 Å². The molecule has 0 aliphatic rings. The molecule has 0 aliphatic carbocycles. The van der Waals surface area contributed by atoms with Gasteiger partial charge in [0.2, 0.25) is 0 Å². The Kier molecular flexibility index (Phi) is 8.50. The minimum Gasteiger partial charge on any atom is -0.255 e. The van der Waals surface area contributed by atoms with Crippen molar-refractivity contribution in [1.29, 1.82) is 0 Å². The summed E-state index contributed by atoms with van der Waals surface area (Å²) < 4.78 is 0. The summed E-state index contributed by atoms with van der Waals surface area (Å²) in [5.41, 5.74) is 5.57. The van der Waals surface area contributed by atoms with Gasteiger partial charge >= 0.3 is 0 Å². The molecule has 2 aromatic carbocycles. The first-order chi connectivity index (χ1) is 10.7. The predicted octanol–water partition coefficient (Wildman–Crippen LogP) is 5.97. The molecule has 2 nitrogen and oxygen atoms in total. The van der Waals surface area contributed by atoms with Gasteiger partial charge in [0.15, 0.2) is 0 Å². The number of hydrogen-bond donors (Lipinski definition) is 0. The molecular formula is C20H24N2Ni. The van der Waals surface area contributed by atoms with Gasteiger partial charge in [-0.15, -0.1) is 0 Å². The Balaban J connectivity index is 0.00000264. The molecule has 0 saturated carbocycles. The van der Waals surface area contributed by atoms with Gasteiger partial charge in [-0.2, -0.15) is 0 Å². The molecule has 2 rings (SSSR count). The number of aliphatic imine (C=N–C) groups is 2. The molecule has 0 unspecified atom stereocenters. The third-order valence-corrected chi connectivity index (χ3v) is 3.67. The minimum atomic E-state index is 0. The number of para-hydroxylation sites is 1. The smallest absolute Gasteiger partial charge is 0.0633 e. The van der Waals surface area contributed by atoms with Gasteiger partial charge < -0.3 is 0 Å². The Bertz CT molecular complexity index is 661. The van der Waals surface area contributed by atoms with E-state index in [9.17, 15) is 0 Å². The van der Waals surface area contributed by atoms with Crippen LogP contribution in [0.3, 0.4) is 0 Å². The van der Waals surface area contributed by atoms with E-state index >= 15 is 0 Å². The molecule has 3 heteroatoms. The quantitative estimate of drug-likeness (QED) is 0.453. The van der Waals surface area contributed by atoms with Crippen molar-refractivity contribution in [2.24, 2.45) is 9.98 Å². The second-order valence-electron chi connectivity index (χ2n) is 5.57. The molecule has 0 radical (unpaired) electrons. The zero-order valence-electron chi connectivity index (χ0n) is 14.0. The van der Waals surface area contributed by atoms with Crippen molar-refractivity contribution < 1.29 is 16.5 Å². The van der Waals surface area contributed by atoms with Crippen molar-refractivity contribution in [3.05, 3.63) is 59.7 Å². The average Bonchev–Trinajstić information content (AvgIpc) is 2.54. The molecule has 0 spiro atoms. The maximum atomic E-state index is 4.72. The normalized spacial score (nSPS) is 11.5. The molecule has 0 saturated heterocycles. The van der Waals surface area contributed by atoms with E-state index in [0.717, 1.165) is 36.3 Å². The van der Waals surface area contributed by atoms with Crippen molar-refractivity contribution in [3.8, 4) is 0 Å². The summed E-state index contributed by atoms with van der Waals surface area (Å²) in [6, 6.07) is 16.4. The van der Waals surface area contributed by atoms with Gasteiger partial charge in [0.05, 0.1) is 17.1 Å². The van der Waals surface area contributed by atoms with E-state index in [0.29, 0.717) is 0 Å². The molecule has 0 bridgehead atoms. The zero-order chi connectivity index (χ0) is 15.8. The first kappa shape index (κ1) is 19.3. The SMILES string of the molecule is CCCCC(C=Nc1ccc(C)c(C)c1)=Nc1ccccc1.[Ni]. The second kappa shape index (κ2) is 10.1. The monoisotopic (exact) mass is 350 g/mol. The summed E-state index contributed by atoms with van der Waals surface area (Å²) in [5, 5.41) is 0. The van der Waals surface area contributed by atoms with Crippen LogP contribution in [0.1, 0.15) is 37.3 Å². The summed E-state index contributed by atoms with van der Waals surface area (Å²) in [6.45, 7) is 6.43. The number of benzene rings is 2. The minimum absolute atomic E-state index is 0. The fourth-order valence-corrected chi connectivity index (χ4v) is 2.13. The van der Waals surface area contributed by atoms with Gasteiger partial charge in [0, 0.05) is 22.7 Å². The van der Waals surface area contributed by atoms with Gasteiger partial charge in [-0.1, -0.05) is 37.6 Å². The van der Waals surface area contributed by atoms with E-state index < -0.39 is 0 Å². The Labute approximate surface area is 149 Å². The topological polar surface area (TPSA) is 24.7 Å². The van der Waals surface area contributed by atoms with Crippen LogP contribution in [0, 0.1) is 13.8 Å². The summed E-state index contributed by atoms with van der Waals surface area (Å²) in [7, 11) is 0. The third kappa shape index (κ3) is 6.50. The van der Waals surface area contributed by atoms with Crippen molar-refractivity contribution in [2.45, 2.75) is 40.0 Å². The van der Waals surface area contributed by atoms with Crippen molar-refractivity contribution in [2.75, 3.05) is 0 Å². The van der Waals surface area contributed by atoms with E-state index in [4.69, 9.17) is 4.99 Å². The first-order valence-electron chi connectivity index (χ1n) is 7.93. The standard InChI is InChI=1S/C20H24N2.Ni/c1-4-5-9-20(22-18-10-7-6-8-11-18)15-21-19-13-12-16(2)17(3)14-19;/h6-8,10-15H,4-5,9H2,1-3H3;. The molecule has 0 amide bonds. The first-order valence-corrected chi connectivity index (χ1v) is 7.93. The maximum absolute atomic E-state index is 4.72. The largest absolute Gasteiger partial charge is 0.255 e. The van der Waals surface area contributed by atoms with Crippen molar-refractivity contribution in [1.82, 2.24) is 0 Å².